The Morgan fingerprint density at radius 3 is 2.50 bits per heavy atom. The van der Waals surface area contributed by atoms with Crippen LogP contribution in [0.1, 0.15) is 16.8 Å². The zero-order chi connectivity index (χ0) is 15.7. The fraction of sp³-hybridized carbons (Fsp3) is 0.105. The van der Waals surface area contributed by atoms with Gasteiger partial charge < -0.3 is 4.57 Å². The van der Waals surface area contributed by atoms with Gasteiger partial charge in [-0.2, -0.15) is 5.26 Å². The molecule has 3 heteroatoms. The average Bonchev–Trinajstić information content (AvgIpc) is 2.78. The highest BCUT2D eigenvalue weighted by Gasteiger charge is 2.11. The summed E-state index contributed by atoms with van der Waals surface area (Å²) in [7, 11) is 2.06. The van der Waals surface area contributed by atoms with Gasteiger partial charge in [0.2, 0.25) is 0 Å². The van der Waals surface area contributed by atoms with Gasteiger partial charge in [0.15, 0.2) is 0 Å². The zero-order valence-corrected chi connectivity index (χ0v) is 14.1. The van der Waals surface area contributed by atoms with E-state index in [9.17, 15) is 5.26 Å². The van der Waals surface area contributed by atoms with Crippen molar-refractivity contribution in [1.82, 2.24) is 4.57 Å². The number of rotatable bonds is 2. The Morgan fingerprint density at radius 1 is 1.14 bits per heavy atom. The first-order chi connectivity index (χ1) is 10.6. The Bertz CT molecular complexity index is 909. The van der Waals surface area contributed by atoms with Gasteiger partial charge in [0, 0.05) is 33.7 Å². The number of aromatic nitrogens is 1. The van der Waals surface area contributed by atoms with E-state index in [0.29, 0.717) is 5.57 Å². The van der Waals surface area contributed by atoms with Crippen LogP contribution in [0.15, 0.2) is 53.0 Å². The zero-order valence-electron chi connectivity index (χ0n) is 12.5. The summed E-state index contributed by atoms with van der Waals surface area (Å²) >= 11 is 3.43. The molecule has 0 spiro atoms. The van der Waals surface area contributed by atoms with Gasteiger partial charge in [-0.05, 0) is 36.8 Å². The van der Waals surface area contributed by atoms with Crippen molar-refractivity contribution >= 4 is 38.5 Å². The van der Waals surface area contributed by atoms with Gasteiger partial charge in [-0.1, -0.05) is 46.3 Å². The van der Waals surface area contributed by atoms with Crippen molar-refractivity contribution in [3.63, 3.8) is 0 Å². The Kier molecular flexibility index (Phi) is 3.87. The highest BCUT2D eigenvalue weighted by Crippen LogP contribution is 2.29. The van der Waals surface area contributed by atoms with Gasteiger partial charge in [-0.3, -0.25) is 0 Å². The number of hydrogen-bond donors (Lipinski definition) is 0. The SMILES string of the molecule is Cc1c(/C=C(\C#N)c2ccc(Br)cc2)c2ccccc2n1C. The Balaban J connectivity index is 2.20. The van der Waals surface area contributed by atoms with Crippen molar-refractivity contribution in [2.75, 3.05) is 0 Å². The highest BCUT2D eigenvalue weighted by atomic mass is 79.9. The minimum atomic E-state index is 0.673. The molecule has 3 rings (SSSR count). The van der Waals surface area contributed by atoms with Crippen LogP contribution in [0, 0.1) is 18.3 Å². The number of halogens is 1. The van der Waals surface area contributed by atoms with E-state index in [1.807, 2.05) is 42.5 Å². The molecule has 0 N–H and O–H groups in total. The first kappa shape index (κ1) is 14.6. The number of allylic oxidation sites excluding steroid dienone is 1. The third kappa shape index (κ3) is 2.47. The van der Waals surface area contributed by atoms with Crippen molar-refractivity contribution in [1.29, 1.82) is 5.26 Å². The summed E-state index contributed by atoms with van der Waals surface area (Å²) in [4.78, 5) is 0. The summed E-state index contributed by atoms with van der Waals surface area (Å²) in [5, 5.41) is 10.7. The van der Waals surface area contributed by atoms with Crippen molar-refractivity contribution in [2.24, 2.45) is 7.05 Å². The standard InChI is InChI=1S/C19H15BrN2/c1-13-18(17-5-3-4-6-19(17)22(13)2)11-15(12-21)14-7-9-16(20)10-8-14/h3-11H,1-2H3/b15-11+. The maximum atomic E-state index is 9.54. The van der Waals surface area contributed by atoms with E-state index in [1.54, 1.807) is 0 Å². The van der Waals surface area contributed by atoms with Crippen molar-refractivity contribution in [3.05, 3.63) is 69.8 Å². The maximum Gasteiger partial charge on any atom is 0.0998 e. The number of para-hydroxylation sites is 1. The van der Waals surface area contributed by atoms with E-state index in [1.165, 1.54) is 10.9 Å². The van der Waals surface area contributed by atoms with Crippen LogP contribution < -0.4 is 0 Å². The Morgan fingerprint density at radius 2 is 1.82 bits per heavy atom. The lowest BCUT2D eigenvalue weighted by Gasteiger charge is -2.01. The van der Waals surface area contributed by atoms with Gasteiger partial charge in [0.05, 0.1) is 11.6 Å². The molecule has 2 aromatic carbocycles. The van der Waals surface area contributed by atoms with E-state index in [-0.39, 0.29) is 0 Å². The molecule has 0 aliphatic heterocycles. The largest absolute Gasteiger partial charge is 0.347 e. The lowest BCUT2D eigenvalue weighted by molar-refractivity contribution is 0.916. The van der Waals surface area contributed by atoms with Crippen LogP contribution in [0.5, 0.6) is 0 Å². The fourth-order valence-corrected chi connectivity index (χ4v) is 2.95. The molecule has 0 saturated carbocycles. The van der Waals surface area contributed by atoms with Gasteiger partial charge in [0.25, 0.3) is 0 Å². The van der Waals surface area contributed by atoms with Crippen LogP contribution in [-0.2, 0) is 7.05 Å². The number of nitrogens with zero attached hydrogens (tertiary/aromatic N) is 2. The second-order valence-electron chi connectivity index (χ2n) is 5.25. The third-order valence-corrected chi connectivity index (χ3v) is 4.54. The summed E-state index contributed by atoms with van der Waals surface area (Å²) in [5.41, 5.74) is 5.05. The number of aryl methyl sites for hydroxylation is 1. The van der Waals surface area contributed by atoms with Crippen LogP contribution >= 0.6 is 15.9 Å². The highest BCUT2D eigenvalue weighted by molar-refractivity contribution is 9.10. The molecule has 1 aromatic heterocycles. The molecule has 0 amide bonds. The number of fused-ring (bicyclic) bond motifs is 1. The van der Waals surface area contributed by atoms with E-state index < -0.39 is 0 Å². The molecule has 0 radical (unpaired) electrons. The molecule has 0 unspecified atom stereocenters. The molecule has 1 heterocycles. The monoisotopic (exact) mass is 350 g/mol. The smallest absolute Gasteiger partial charge is 0.0998 e. The summed E-state index contributed by atoms with van der Waals surface area (Å²) in [6.45, 7) is 2.09. The maximum absolute atomic E-state index is 9.54. The molecular formula is C19H15BrN2. The molecule has 108 valence electrons. The van der Waals surface area contributed by atoms with Crippen LogP contribution in [0.25, 0.3) is 22.6 Å². The Hall–Kier alpha value is -2.31. The molecule has 3 aromatic rings. The van der Waals surface area contributed by atoms with Crippen LogP contribution in [0.4, 0.5) is 0 Å². The van der Waals surface area contributed by atoms with Gasteiger partial charge >= 0.3 is 0 Å². The van der Waals surface area contributed by atoms with Gasteiger partial charge in [-0.15, -0.1) is 0 Å². The summed E-state index contributed by atoms with van der Waals surface area (Å²) in [6, 6.07) is 18.4. The normalized spacial score (nSPS) is 11.6. The molecule has 0 saturated heterocycles. The summed E-state index contributed by atoms with van der Waals surface area (Å²) in [6.07, 6.45) is 1.99. The van der Waals surface area contributed by atoms with E-state index in [0.717, 1.165) is 21.3 Å². The van der Waals surface area contributed by atoms with Crippen LogP contribution in [0.3, 0.4) is 0 Å². The minimum Gasteiger partial charge on any atom is -0.347 e. The number of nitriles is 1. The molecule has 0 bridgehead atoms. The van der Waals surface area contributed by atoms with Crippen molar-refractivity contribution < 1.29 is 0 Å². The fourth-order valence-electron chi connectivity index (χ4n) is 2.69. The molecular weight excluding hydrogens is 336 g/mol. The van der Waals surface area contributed by atoms with Gasteiger partial charge in [-0.25, -0.2) is 0 Å². The lowest BCUT2D eigenvalue weighted by atomic mass is 10.0. The predicted molar refractivity (Wildman–Crippen MR) is 95.3 cm³/mol. The molecule has 2 nitrogen and oxygen atoms in total. The van der Waals surface area contributed by atoms with Crippen LogP contribution in [-0.4, -0.2) is 4.57 Å². The molecule has 22 heavy (non-hydrogen) atoms. The van der Waals surface area contributed by atoms with E-state index in [4.69, 9.17) is 0 Å². The number of benzene rings is 2. The number of hydrogen-bond acceptors (Lipinski definition) is 1. The van der Waals surface area contributed by atoms with E-state index >= 15 is 0 Å². The second kappa shape index (κ2) is 5.82. The second-order valence-corrected chi connectivity index (χ2v) is 6.17. The predicted octanol–water partition coefficient (Wildman–Crippen LogP) is 5.31. The quantitative estimate of drug-likeness (QED) is 0.575. The average molecular weight is 351 g/mol. The molecule has 0 aliphatic carbocycles. The lowest BCUT2D eigenvalue weighted by Crippen LogP contribution is -1.90. The van der Waals surface area contributed by atoms with Crippen LogP contribution in [0.2, 0.25) is 0 Å². The molecule has 0 fully saturated rings. The molecule has 0 atom stereocenters. The van der Waals surface area contributed by atoms with E-state index in [2.05, 4.69) is 52.7 Å². The van der Waals surface area contributed by atoms with Crippen molar-refractivity contribution in [3.8, 4) is 6.07 Å². The molecule has 0 aliphatic rings. The third-order valence-electron chi connectivity index (χ3n) is 4.01. The minimum absolute atomic E-state index is 0.673. The van der Waals surface area contributed by atoms with Gasteiger partial charge in [0.1, 0.15) is 0 Å². The first-order valence-electron chi connectivity index (χ1n) is 7.03. The first-order valence-corrected chi connectivity index (χ1v) is 7.83. The van der Waals surface area contributed by atoms with Crippen molar-refractivity contribution in [2.45, 2.75) is 6.92 Å². The topological polar surface area (TPSA) is 28.7 Å². The summed E-state index contributed by atoms with van der Waals surface area (Å²) in [5.74, 6) is 0. The summed E-state index contributed by atoms with van der Waals surface area (Å²) < 4.78 is 3.17. The Labute approximate surface area is 138 Å².